The molecule has 0 saturated carbocycles. The molecule has 0 spiro atoms. The van der Waals surface area contributed by atoms with E-state index in [0.29, 0.717) is 16.7 Å². The first-order valence-electron chi connectivity index (χ1n) is 4.57. The molecule has 0 radical (unpaired) electrons. The van der Waals surface area contributed by atoms with Gasteiger partial charge in [0.25, 0.3) is 5.69 Å². The predicted octanol–water partition coefficient (Wildman–Crippen LogP) is 1.06. The lowest BCUT2D eigenvalue weighted by atomic mass is 10.0. The van der Waals surface area contributed by atoms with Crippen LogP contribution in [0.4, 0.5) is 5.69 Å². The van der Waals surface area contributed by atoms with E-state index in [4.69, 9.17) is 0 Å². The monoisotopic (exact) mass is 220 g/mol. The Bertz CT molecular complexity index is 477. The van der Waals surface area contributed by atoms with Crippen LogP contribution in [0.15, 0.2) is 24.3 Å². The number of hydrogen-bond acceptors (Lipinski definition) is 4. The first kappa shape index (κ1) is 11.9. The number of carbonyl (C=O) groups excluding carboxylic acids is 1. The Kier molecular flexibility index (Phi) is 3.40. The first-order valence-corrected chi connectivity index (χ1v) is 4.57. The van der Waals surface area contributed by atoms with Gasteiger partial charge >= 0.3 is 0 Å². The minimum absolute atomic E-state index is 0.0244. The van der Waals surface area contributed by atoms with Gasteiger partial charge in [-0.05, 0) is 31.1 Å². The maximum Gasteiger partial charge on any atom is 0.272 e. The van der Waals surface area contributed by atoms with Gasteiger partial charge in [0.2, 0.25) is 0 Å². The van der Waals surface area contributed by atoms with Crippen LogP contribution >= 0.6 is 0 Å². The SMILES string of the molecule is C/C(=C\C(=O)[O-])c1cccc([N+](=O)[O-])c1C. The number of rotatable bonds is 3. The average molecular weight is 220 g/mol. The lowest BCUT2D eigenvalue weighted by Crippen LogP contribution is -2.19. The molecule has 0 amide bonds. The van der Waals surface area contributed by atoms with Crippen molar-refractivity contribution < 1.29 is 14.8 Å². The zero-order valence-electron chi connectivity index (χ0n) is 8.89. The average Bonchev–Trinajstić information content (AvgIpc) is 2.16. The highest BCUT2D eigenvalue weighted by Crippen LogP contribution is 2.26. The maximum atomic E-state index is 10.7. The zero-order chi connectivity index (χ0) is 12.3. The van der Waals surface area contributed by atoms with Crippen molar-refractivity contribution in [3.05, 3.63) is 45.5 Å². The smallest absolute Gasteiger partial charge is 0.272 e. The molecule has 0 N–H and O–H groups in total. The van der Waals surface area contributed by atoms with Gasteiger partial charge in [-0.1, -0.05) is 12.1 Å². The van der Waals surface area contributed by atoms with Gasteiger partial charge in [0.05, 0.1) is 10.9 Å². The topological polar surface area (TPSA) is 83.3 Å². The molecule has 1 rings (SSSR count). The standard InChI is InChI=1S/C11H11NO4/c1-7(6-11(13)14)9-4-3-5-10(8(9)2)12(15)16/h3-6H,1-2H3,(H,13,14)/p-1/b7-6+. The number of allylic oxidation sites excluding steroid dienone is 1. The van der Waals surface area contributed by atoms with E-state index in [1.165, 1.54) is 12.1 Å². The molecular formula is C11H10NO4-. The van der Waals surface area contributed by atoms with Crippen LogP contribution in [0.2, 0.25) is 0 Å². The fourth-order valence-corrected chi connectivity index (χ4v) is 1.50. The van der Waals surface area contributed by atoms with E-state index in [9.17, 15) is 20.0 Å². The van der Waals surface area contributed by atoms with Crippen LogP contribution in [-0.4, -0.2) is 10.9 Å². The minimum Gasteiger partial charge on any atom is -0.545 e. The highest BCUT2D eigenvalue weighted by atomic mass is 16.6. The summed E-state index contributed by atoms with van der Waals surface area (Å²) in [7, 11) is 0. The number of nitro benzene ring substituents is 1. The van der Waals surface area contributed by atoms with Crippen LogP contribution in [0, 0.1) is 17.0 Å². The van der Waals surface area contributed by atoms with Crippen LogP contribution in [-0.2, 0) is 4.79 Å². The van der Waals surface area contributed by atoms with E-state index in [2.05, 4.69) is 0 Å². The molecule has 0 aliphatic rings. The molecule has 0 unspecified atom stereocenters. The number of aliphatic carboxylic acids is 1. The Morgan fingerprint density at radius 3 is 2.56 bits per heavy atom. The summed E-state index contributed by atoms with van der Waals surface area (Å²) in [5, 5.41) is 21.1. The fraction of sp³-hybridized carbons (Fsp3) is 0.182. The first-order chi connectivity index (χ1) is 7.43. The maximum absolute atomic E-state index is 10.7. The van der Waals surface area contributed by atoms with Crippen LogP contribution in [0.1, 0.15) is 18.1 Å². The van der Waals surface area contributed by atoms with Gasteiger partial charge in [0, 0.05) is 11.6 Å². The molecule has 0 heterocycles. The number of carbonyl (C=O) groups is 1. The summed E-state index contributed by atoms with van der Waals surface area (Å²) in [6.07, 6.45) is 0.923. The molecule has 0 bridgehead atoms. The van der Waals surface area contributed by atoms with Crippen molar-refractivity contribution in [3.8, 4) is 0 Å². The molecule has 84 valence electrons. The molecule has 0 saturated heterocycles. The normalized spacial score (nSPS) is 11.2. The third-order valence-corrected chi connectivity index (χ3v) is 2.26. The summed E-state index contributed by atoms with van der Waals surface area (Å²) < 4.78 is 0. The summed E-state index contributed by atoms with van der Waals surface area (Å²) in [5.41, 5.74) is 1.39. The van der Waals surface area contributed by atoms with Gasteiger partial charge in [-0.15, -0.1) is 0 Å². The van der Waals surface area contributed by atoms with Crippen molar-refractivity contribution in [1.82, 2.24) is 0 Å². The Morgan fingerprint density at radius 2 is 2.06 bits per heavy atom. The second kappa shape index (κ2) is 4.57. The molecule has 5 heteroatoms. The summed E-state index contributed by atoms with van der Waals surface area (Å²) in [6.45, 7) is 3.15. The lowest BCUT2D eigenvalue weighted by Gasteiger charge is -2.07. The van der Waals surface area contributed by atoms with E-state index in [1.54, 1.807) is 19.9 Å². The molecule has 0 aliphatic heterocycles. The molecular weight excluding hydrogens is 210 g/mol. The summed E-state index contributed by atoms with van der Waals surface area (Å²) >= 11 is 0. The van der Waals surface area contributed by atoms with E-state index < -0.39 is 10.9 Å². The number of nitrogens with zero attached hydrogens (tertiary/aromatic N) is 1. The summed E-state index contributed by atoms with van der Waals surface area (Å²) in [4.78, 5) is 20.6. The quantitative estimate of drug-likeness (QED) is 0.433. The second-order valence-electron chi connectivity index (χ2n) is 3.35. The Hall–Kier alpha value is -2.17. The van der Waals surface area contributed by atoms with Gasteiger partial charge in [0.1, 0.15) is 0 Å². The fourth-order valence-electron chi connectivity index (χ4n) is 1.50. The van der Waals surface area contributed by atoms with Gasteiger partial charge in [-0.25, -0.2) is 0 Å². The second-order valence-corrected chi connectivity index (χ2v) is 3.35. The van der Waals surface area contributed by atoms with E-state index in [0.717, 1.165) is 6.08 Å². The summed E-state index contributed by atoms with van der Waals surface area (Å²) in [6, 6.07) is 4.54. The van der Waals surface area contributed by atoms with Crippen LogP contribution in [0.3, 0.4) is 0 Å². The van der Waals surface area contributed by atoms with Crippen LogP contribution in [0.5, 0.6) is 0 Å². The minimum atomic E-state index is -1.32. The van der Waals surface area contributed by atoms with E-state index in [1.807, 2.05) is 0 Å². The van der Waals surface area contributed by atoms with Gasteiger partial charge in [-0.2, -0.15) is 0 Å². The molecule has 5 nitrogen and oxygen atoms in total. The van der Waals surface area contributed by atoms with Gasteiger partial charge < -0.3 is 9.90 Å². The van der Waals surface area contributed by atoms with E-state index >= 15 is 0 Å². The predicted molar refractivity (Wildman–Crippen MR) is 56.5 cm³/mol. The Labute approximate surface area is 92.2 Å². The van der Waals surface area contributed by atoms with Crippen LogP contribution < -0.4 is 5.11 Å². The molecule has 1 aromatic rings. The molecule has 0 atom stereocenters. The number of carboxylic acid groups (broad SMARTS) is 1. The molecule has 0 fully saturated rings. The molecule has 0 aromatic heterocycles. The molecule has 1 aromatic carbocycles. The van der Waals surface area contributed by atoms with Crippen molar-refractivity contribution in [1.29, 1.82) is 0 Å². The van der Waals surface area contributed by atoms with Crippen molar-refractivity contribution >= 4 is 17.2 Å². The third kappa shape index (κ3) is 2.44. The highest BCUT2D eigenvalue weighted by Gasteiger charge is 2.13. The Balaban J connectivity index is 3.31. The van der Waals surface area contributed by atoms with Gasteiger partial charge in [-0.3, -0.25) is 10.1 Å². The Morgan fingerprint density at radius 1 is 1.44 bits per heavy atom. The summed E-state index contributed by atoms with van der Waals surface area (Å²) in [5.74, 6) is -1.32. The largest absolute Gasteiger partial charge is 0.545 e. The zero-order valence-corrected chi connectivity index (χ0v) is 8.89. The lowest BCUT2D eigenvalue weighted by molar-refractivity contribution is -0.385. The molecule has 16 heavy (non-hydrogen) atoms. The number of benzene rings is 1. The van der Waals surface area contributed by atoms with Crippen molar-refractivity contribution in [2.45, 2.75) is 13.8 Å². The number of hydrogen-bond donors (Lipinski definition) is 0. The van der Waals surface area contributed by atoms with Crippen molar-refractivity contribution in [2.75, 3.05) is 0 Å². The van der Waals surface area contributed by atoms with Gasteiger partial charge in [0.15, 0.2) is 0 Å². The highest BCUT2D eigenvalue weighted by molar-refractivity contribution is 5.89. The number of nitro groups is 1. The third-order valence-electron chi connectivity index (χ3n) is 2.26. The van der Waals surface area contributed by atoms with E-state index in [-0.39, 0.29) is 5.69 Å². The molecule has 0 aliphatic carbocycles. The van der Waals surface area contributed by atoms with Crippen molar-refractivity contribution in [3.63, 3.8) is 0 Å². The van der Waals surface area contributed by atoms with Crippen LogP contribution in [0.25, 0.3) is 5.57 Å². The van der Waals surface area contributed by atoms with Crippen molar-refractivity contribution in [2.24, 2.45) is 0 Å². The number of carboxylic acids is 1.